The molecule has 2 fully saturated rings. The molecule has 0 heterocycles. The maximum Gasteiger partial charge on any atom is 0.238 e. The fraction of sp³-hybridized carbons (Fsp3) is 0.611. The Kier molecular flexibility index (Phi) is 5.53. The third-order valence-corrected chi connectivity index (χ3v) is 5.47. The molecule has 3 rings (SSSR count). The predicted molar refractivity (Wildman–Crippen MR) is 93.9 cm³/mol. The van der Waals surface area contributed by atoms with Crippen LogP contribution >= 0.6 is 15.9 Å². The Balaban J connectivity index is 1.54. The van der Waals surface area contributed by atoms with E-state index in [1.807, 2.05) is 24.3 Å². The van der Waals surface area contributed by atoms with Gasteiger partial charge in [0.25, 0.3) is 0 Å². The van der Waals surface area contributed by atoms with Crippen molar-refractivity contribution in [3.05, 3.63) is 28.7 Å². The standard InChI is InChI=1S/C18H25BrN2O/c19-16-8-4-5-9-17(16)20-18(22)13-21(15-10-11-15)12-14-6-2-1-3-7-14/h4-5,8-9,14-15H,1-3,6-7,10-13H2,(H,20,22). The van der Waals surface area contributed by atoms with Crippen LogP contribution in [0.2, 0.25) is 0 Å². The zero-order valence-corrected chi connectivity index (χ0v) is 14.6. The van der Waals surface area contributed by atoms with Crippen molar-refractivity contribution in [2.75, 3.05) is 18.4 Å². The van der Waals surface area contributed by atoms with E-state index in [-0.39, 0.29) is 5.91 Å². The molecule has 0 aromatic heterocycles. The number of carbonyl (C=O) groups excluding carboxylic acids is 1. The highest BCUT2D eigenvalue weighted by Crippen LogP contribution is 2.31. The van der Waals surface area contributed by atoms with Gasteiger partial charge in [0.1, 0.15) is 0 Å². The highest BCUT2D eigenvalue weighted by atomic mass is 79.9. The lowest BCUT2D eigenvalue weighted by atomic mass is 9.89. The quantitative estimate of drug-likeness (QED) is 0.809. The van der Waals surface area contributed by atoms with Crippen LogP contribution in [0, 0.1) is 5.92 Å². The monoisotopic (exact) mass is 364 g/mol. The first-order valence-corrected chi connectivity index (χ1v) is 9.30. The molecule has 1 N–H and O–H groups in total. The number of benzene rings is 1. The summed E-state index contributed by atoms with van der Waals surface area (Å²) in [6, 6.07) is 8.44. The van der Waals surface area contributed by atoms with Gasteiger partial charge in [0.2, 0.25) is 5.91 Å². The Morgan fingerprint density at radius 3 is 2.55 bits per heavy atom. The summed E-state index contributed by atoms with van der Waals surface area (Å²) in [5.74, 6) is 0.903. The Morgan fingerprint density at radius 1 is 1.14 bits per heavy atom. The van der Waals surface area contributed by atoms with Crippen LogP contribution in [0.1, 0.15) is 44.9 Å². The fourth-order valence-electron chi connectivity index (χ4n) is 3.42. The molecular weight excluding hydrogens is 340 g/mol. The molecule has 0 unspecified atom stereocenters. The molecule has 120 valence electrons. The van der Waals surface area contributed by atoms with E-state index < -0.39 is 0 Å². The van der Waals surface area contributed by atoms with Crippen molar-refractivity contribution in [3.63, 3.8) is 0 Å². The van der Waals surface area contributed by atoms with Crippen LogP contribution in [0.4, 0.5) is 5.69 Å². The van der Waals surface area contributed by atoms with Gasteiger partial charge in [0.05, 0.1) is 12.2 Å². The molecule has 2 aliphatic rings. The van der Waals surface area contributed by atoms with Gasteiger partial charge in [0, 0.05) is 17.1 Å². The van der Waals surface area contributed by atoms with Crippen molar-refractivity contribution >= 4 is 27.5 Å². The molecule has 2 aliphatic carbocycles. The van der Waals surface area contributed by atoms with E-state index in [4.69, 9.17) is 0 Å². The number of carbonyl (C=O) groups is 1. The Labute approximate surface area is 141 Å². The first kappa shape index (κ1) is 16.0. The summed E-state index contributed by atoms with van der Waals surface area (Å²) >= 11 is 3.48. The molecule has 2 saturated carbocycles. The van der Waals surface area contributed by atoms with Crippen molar-refractivity contribution in [2.45, 2.75) is 51.0 Å². The molecule has 0 atom stereocenters. The molecule has 0 spiro atoms. The molecule has 0 radical (unpaired) electrons. The van der Waals surface area contributed by atoms with Crippen LogP contribution in [0.15, 0.2) is 28.7 Å². The number of hydrogen-bond acceptors (Lipinski definition) is 2. The van der Waals surface area contributed by atoms with Gasteiger partial charge in [0.15, 0.2) is 0 Å². The summed E-state index contributed by atoms with van der Waals surface area (Å²) in [6.45, 7) is 1.64. The Hall–Kier alpha value is -0.870. The number of amides is 1. The summed E-state index contributed by atoms with van der Waals surface area (Å²) in [5, 5.41) is 3.03. The van der Waals surface area contributed by atoms with Gasteiger partial charge in [-0.3, -0.25) is 9.69 Å². The topological polar surface area (TPSA) is 32.3 Å². The first-order valence-electron chi connectivity index (χ1n) is 8.51. The van der Waals surface area contributed by atoms with Gasteiger partial charge in [-0.2, -0.15) is 0 Å². The van der Waals surface area contributed by atoms with Gasteiger partial charge in [-0.05, 0) is 59.7 Å². The van der Waals surface area contributed by atoms with E-state index in [9.17, 15) is 4.79 Å². The average Bonchev–Trinajstić information content (AvgIpc) is 3.35. The molecule has 3 nitrogen and oxygen atoms in total. The maximum absolute atomic E-state index is 12.4. The van der Waals surface area contributed by atoms with Crippen molar-refractivity contribution in [1.29, 1.82) is 0 Å². The van der Waals surface area contributed by atoms with Crippen molar-refractivity contribution in [3.8, 4) is 0 Å². The van der Waals surface area contributed by atoms with Gasteiger partial charge in [-0.1, -0.05) is 31.4 Å². The van der Waals surface area contributed by atoms with Gasteiger partial charge < -0.3 is 5.32 Å². The largest absolute Gasteiger partial charge is 0.324 e. The summed E-state index contributed by atoms with van der Waals surface area (Å²) in [4.78, 5) is 14.8. The third-order valence-electron chi connectivity index (χ3n) is 4.78. The van der Waals surface area contributed by atoms with Crippen molar-refractivity contribution < 1.29 is 4.79 Å². The van der Waals surface area contributed by atoms with E-state index in [0.29, 0.717) is 12.6 Å². The number of hydrogen-bond donors (Lipinski definition) is 1. The van der Waals surface area contributed by atoms with E-state index >= 15 is 0 Å². The normalized spacial score (nSPS) is 19.4. The van der Waals surface area contributed by atoms with Crippen LogP contribution in [-0.4, -0.2) is 29.9 Å². The SMILES string of the molecule is O=C(CN(CC1CCCCC1)C1CC1)Nc1ccccc1Br. The van der Waals surface area contributed by atoms with Gasteiger partial charge in [-0.15, -0.1) is 0 Å². The van der Waals surface area contributed by atoms with Crippen LogP contribution in [0.5, 0.6) is 0 Å². The molecule has 0 saturated heterocycles. The maximum atomic E-state index is 12.4. The van der Waals surface area contributed by atoms with Crippen molar-refractivity contribution in [2.24, 2.45) is 5.92 Å². The highest BCUT2D eigenvalue weighted by Gasteiger charge is 2.32. The lowest BCUT2D eigenvalue weighted by Crippen LogP contribution is -2.38. The lowest BCUT2D eigenvalue weighted by Gasteiger charge is -2.29. The summed E-state index contributed by atoms with van der Waals surface area (Å²) in [5.41, 5.74) is 0.862. The lowest BCUT2D eigenvalue weighted by molar-refractivity contribution is -0.117. The third kappa shape index (κ3) is 4.56. The highest BCUT2D eigenvalue weighted by molar-refractivity contribution is 9.10. The number of anilines is 1. The zero-order valence-electron chi connectivity index (χ0n) is 13.1. The minimum absolute atomic E-state index is 0.106. The molecule has 0 aliphatic heterocycles. The van der Waals surface area contributed by atoms with Crippen molar-refractivity contribution in [1.82, 2.24) is 4.90 Å². The van der Waals surface area contributed by atoms with Crippen LogP contribution in [0.3, 0.4) is 0 Å². The zero-order chi connectivity index (χ0) is 15.4. The van der Waals surface area contributed by atoms with E-state index in [1.54, 1.807) is 0 Å². The first-order chi connectivity index (χ1) is 10.7. The molecule has 0 bridgehead atoms. The fourth-order valence-corrected chi connectivity index (χ4v) is 3.80. The van der Waals surface area contributed by atoms with Crippen LogP contribution in [0.25, 0.3) is 0 Å². The molecule has 1 aromatic rings. The molecule has 1 amide bonds. The number of halogens is 1. The van der Waals surface area contributed by atoms with E-state index in [2.05, 4.69) is 26.1 Å². The molecular formula is C18H25BrN2O. The summed E-state index contributed by atoms with van der Waals surface area (Å²) < 4.78 is 0.939. The summed E-state index contributed by atoms with van der Waals surface area (Å²) in [7, 11) is 0. The second-order valence-electron chi connectivity index (χ2n) is 6.69. The number of para-hydroxylation sites is 1. The summed E-state index contributed by atoms with van der Waals surface area (Å²) in [6.07, 6.45) is 9.33. The number of nitrogens with zero attached hydrogens (tertiary/aromatic N) is 1. The Morgan fingerprint density at radius 2 is 1.86 bits per heavy atom. The Bertz CT molecular complexity index is 510. The molecule has 22 heavy (non-hydrogen) atoms. The molecule has 1 aromatic carbocycles. The van der Waals surface area contributed by atoms with Gasteiger partial charge in [-0.25, -0.2) is 0 Å². The molecule has 4 heteroatoms. The van der Waals surface area contributed by atoms with E-state index in [1.165, 1.54) is 44.9 Å². The van der Waals surface area contributed by atoms with E-state index in [0.717, 1.165) is 22.6 Å². The second-order valence-corrected chi connectivity index (χ2v) is 7.55. The minimum Gasteiger partial charge on any atom is -0.324 e. The predicted octanol–water partition coefficient (Wildman–Crippen LogP) is 4.43. The van der Waals surface area contributed by atoms with Crippen LogP contribution < -0.4 is 5.32 Å². The average molecular weight is 365 g/mol. The smallest absolute Gasteiger partial charge is 0.238 e. The minimum atomic E-state index is 0.106. The number of nitrogens with one attached hydrogen (secondary N) is 1. The number of rotatable bonds is 6. The second kappa shape index (κ2) is 7.60. The van der Waals surface area contributed by atoms with Crippen LogP contribution in [-0.2, 0) is 4.79 Å². The van der Waals surface area contributed by atoms with Gasteiger partial charge >= 0.3 is 0 Å².